The topological polar surface area (TPSA) is 33.3 Å². The van der Waals surface area contributed by atoms with Gasteiger partial charge in [0, 0.05) is 18.3 Å². The fourth-order valence-electron chi connectivity index (χ4n) is 1.30. The van der Waals surface area contributed by atoms with E-state index in [4.69, 9.17) is 4.74 Å². The van der Waals surface area contributed by atoms with Gasteiger partial charge in [0.2, 0.25) is 0 Å². The van der Waals surface area contributed by atoms with Crippen molar-refractivity contribution in [2.75, 3.05) is 19.9 Å². The van der Waals surface area contributed by atoms with Gasteiger partial charge in [0.25, 0.3) is 0 Å². The number of ether oxygens (including phenoxy) is 1. The van der Waals surface area contributed by atoms with Crippen LogP contribution >= 0.6 is 0 Å². The van der Waals surface area contributed by atoms with Gasteiger partial charge in [-0.25, -0.2) is 0 Å². The first kappa shape index (κ1) is 15.5. The summed E-state index contributed by atoms with van der Waals surface area (Å²) in [5, 5.41) is 6.53. The normalized spacial score (nSPS) is 11.1. The van der Waals surface area contributed by atoms with E-state index in [0.717, 1.165) is 31.7 Å². The Balaban J connectivity index is 3.18. The fourth-order valence-corrected chi connectivity index (χ4v) is 1.30. The third-order valence-corrected chi connectivity index (χ3v) is 2.09. The molecule has 0 atom stereocenters. The van der Waals surface area contributed by atoms with Crippen molar-refractivity contribution in [3.05, 3.63) is 12.3 Å². The van der Waals surface area contributed by atoms with Crippen LogP contribution in [-0.2, 0) is 4.74 Å². The average molecular weight is 228 g/mol. The third-order valence-electron chi connectivity index (χ3n) is 2.09. The summed E-state index contributed by atoms with van der Waals surface area (Å²) in [7, 11) is 0. The second-order valence-corrected chi connectivity index (χ2v) is 4.89. The Bertz CT molecular complexity index is 179. The molecule has 0 rings (SSSR count). The van der Waals surface area contributed by atoms with E-state index < -0.39 is 0 Å². The molecule has 3 nitrogen and oxygen atoms in total. The van der Waals surface area contributed by atoms with E-state index >= 15 is 0 Å². The van der Waals surface area contributed by atoms with Crippen LogP contribution in [0.25, 0.3) is 0 Å². The Hall–Kier alpha value is -0.540. The minimum Gasteiger partial charge on any atom is -0.389 e. The molecule has 3 heteroatoms. The van der Waals surface area contributed by atoms with Crippen molar-refractivity contribution in [2.45, 2.75) is 46.6 Å². The molecule has 0 saturated carbocycles. The van der Waals surface area contributed by atoms with Crippen molar-refractivity contribution >= 4 is 0 Å². The highest BCUT2D eigenvalue weighted by Gasteiger charge is 1.97. The predicted octanol–water partition coefficient (Wildman–Crippen LogP) is 2.50. The lowest BCUT2D eigenvalue weighted by molar-refractivity contribution is 0.109. The van der Waals surface area contributed by atoms with Crippen molar-refractivity contribution in [2.24, 2.45) is 5.92 Å². The zero-order chi connectivity index (χ0) is 12.4. The van der Waals surface area contributed by atoms with Gasteiger partial charge in [-0.3, -0.25) is 5.32 Å². The van der Waals surface area contributed by atoms with E-state index in [-0.39, 0.29) is 0 Å². The fraction of sp³-hybridized carbons (Fsp3) is 0.846. The number of hydrogen-bond donors (Lipinski definition) is 2. The molecule has 0 amide bonds. The Morgan fingerprint density at radius 3 is 2.50 bits per heavy atom. The average Bonchev–Trinajstić information content (AvgIpc) is 2.14. The molecule has 2 N–H and O–H groups in total. The molecule has 0 unspecified atom stereocenters. The maximum Gasteiger partial charge on any atom is 0.0967 e. The van der Waals surface area contributed by atoms with Crippen LogP contribution < -0.4 is 10.6 Å². The summed E-state index contributed by atoms with van der Waals surface area (Å²) >= 11 is 0. The van der Waals surface area contributed by atoms with Gasteiger partial charge in [0.05, 0.1) is 13.3 Å². The lowest BCUT2D eigenvalue weighted by Gasteiger charge is -2.12. The molecule has 0 aliphatic carbocycles. The molecule has 16 heavy (non-hydrogen) atoms. The summed E-state index contributed by atoms with van der Waals surface area (Å²) in [6, 6.07) is 0.490. The number of hydrogen-bond acceptors (Lipinski definition) is 3. The van der Waals surface area contributed by atoms with Gasteiger partial charge in [-0.05, 0) is 32.6 Å². The first-order chi connectivity index (χ1) is 7.52. The first-order valence-electron chi connectivity index (χ1n) is 6.25. The van der Waals surface area contributed by atoms with Gasteiger partial charge < -0.3 is 10.1 Å². The Labute approximate surface area is 101 Å². The predicted molar refractivity (Wildman–Crippen MR) is 70.3 cm³/mol. The van der Waals surface area contributed by atoms with Crippen molar-refractivity contribution in [1.29, 1.82) is 0 Å². The molecule has 0 bridgehead atoms. The van der Waals surface area contributed by atoms with Crippen LogP contribution in [0.4, 0.5) is 0 Å². The lowest BCUT2D eigenvalue weighted by Crippen LogP contribution is -2.26. The molecule has 0 aromatic rings. The van der Waals surface area contributed by atoms with Crippen LogP contribution in [0.2, 0.25) is 0 Å². The maximum absolute atomic E-state index is 5.43. The largest absolute Gasteiger partial charge is 0.389 e. The van der Waals surface area contributed by atoms with Crippen molar-refractivity contribution < 1.29 is 4.74 Å². The van der Waals surface area contributed by atoms with Gasteiger partial charge in [0.1, 0.15) is 0 Å². The minimum atomic E-state index is 0.490. The molecule has 0 aromatic carbocycles. The van der Waals surface area contributed by atoms with E-state index in [9.17, 15) is 0 Å². The van der Waals surface area contributed by atoms with Crippen molar-refractivity contribution in [3.63, 3.8) is 0 Å². The van der Waals surface area contributed by atoms with Gasteiger partial charge in [-0.15, -0.1) is 0 Å². The van der Waals surface area contributed by atoms with Crippen LogP contribution in [-0.4, -0.2) is 25.9 Å². The SMILES string of the molecule is C=C(CC(C)C)NCCCOCNC(C)C. The Kier molecular flexibility index (Phi) is 9.34. The van der Waals surface area contributed by atoms with Crippen molar-refractivity contribution in [3.8, 4) is 0 Å². The monoisotopic (exact) mass is 228 g/mol. The molecule has 0 heterocycles. The number of nitrogens with one attached hydrogen (secondary N) is 2. The second-order valence-electron chi connectivity index (χ2n) is 4.89. The second kappa shape index (κ2) is 9.67. The minimum absolute atomic E-state index is 0.490. The van der Waals surface area contributed by atoms with Crippen molar-refractivity contribution in [1.82, 2.24) is 10.6 Å². The summed E-state index contributed by atoms with van der Waals surface area (Å²) < 4.78 is 5.43. The van der Waals surface area contributed by atoms with E-state index in [1.807, 2.05) is 0 Å². The first-order valence-corrected chi connectivity index (χ1v) is 6.25. The summed E-state index contributed by atoms with van der Waals surface area (Å²) in [6.07, 6.45) is 2.08. The highest BCUT2D eigenvalue weighted by Crippen LogP contribution is 2.05. The van der Waals surface area contributed by atoms with E-state index in [1.54, 1.807) is 0 Å². The molecule has 0 aromatic heterocycles. The molecule has 0 fully saturated rings. The Morgan fingerprint density at radius 1 is 1.25 bits per heavy atom. The smallest absolute Gasteiger partial charge is 0.0967 e. The zero-order valence-electron chi connectivity index (χ0n) is 11.3. The summed E-state index contributed by atoms with van der Waals surface area (Å²) in [6.45, 7) is 15.0. The standard InChI is InChI=1S/C13H28N2O/c1-11(2)9-13(5)14-7-6-8-16-10-15-12(3)4/h11-12,14-15H,5-10H2,1-4H3. The summed E-state index contributed by atoms with van der Waals surface area (Å²) in [4.78, 5) is 0. The van der Waals surface area contributed by atoms with E-state index in [1.165, 1.54) is 0 Å². The van der Waals surface area contributed by atoms with Gasteiger partial charge in [-0.2, -0.15) is 0 Å². The molecule has 0 spiro atoms. The van der Waals surface area contributed by atoms with Crippen LogP contribution in [0, 0.1) is 5.92 Å². The molecular weight excluding hydrogens is 200 g/mol. The van der Waals surface area contributed by atoms with E-state index in [0.29, 0.717) is 18.7 Å². The van der Waals surface area contributed by atoms with Gasteiger partial charge in [0.15, 0.2) is 0 Å². The van der Waals surface area contributed by atoms with Crippen LogP contribution in [0.15, 0.2) is 12.3 Å². The third kappa shape index (κ3) is 11.5. The van der Waals surface area contributed by atoms with Gasteiger partial charge in [-0.1, -0.05) is 20.4 Å². The zero-order valence-corrected chi connectivity index (χ0v) is 11.3. The van der Waals surface area contributed by atoms with Crippen LogP contribution in [0.3, 0.4) is 0 Å². The molecule has 0 aliphatic rings. The lowest BCUT2D eigenvalue weighted by atomic mass is 10.1. The highest BCUT2D eigenvalue weighted by atomic mass is 16.5. The number of allylic oxidation sites excluding steroid dienone is 1. The number of rotatable bonds is 10. The molecule has 0 radical (unpaired) electrons. The van der Waals surface area contributed by atoms with Crippen LogP contribution in [0.1, 0.15) is 40.5 Å². The summed E-state index contributed by atoms with van der Waals surface area (Å²) in [5.74, 6) is 0.673. The molecule has 0 aliphatic heterocycles. The quantitative estimate of drug-likeness (QED) is 0.445. The van der Waals surface area contributed by atoms with E-state index in [2.05, 4.69) is 44.9 Å². The maximum atomic E-state index is 5.43. The van der Waals surface area contributed by atoms with Gasteiger partial charge >= 0.3 is 0 Å². The highest BCUT2D eigenvalue weighted by molar-refractivity contribution is 4.91. The molecular formula is C13H28N2O. The molecule has 96 valence electrons. The summed E-state index contributed by atoms with van der Waals surface area (Å²) in [5.41, 5.74) is 1.13. The Morgan fingerprint density at radius 2 is 1.94 bits per heavy atom. The van der Waals surface area contributed by atoms with Crippen LogP contribution in [0.5, 0.6) is 0 Å². The molecule has 0 saturated heterocycles.